The fourth-order valence-corrected chi connectivity index (χ4v) is 3.23. The van der Waals surface area contributed by atoms with Gasteiger partial charge in [-0.25, -0.2) is 9.59 Å². The van der Waals surface area contributed by atoms with E-state index in [0.717, 1.165) is 30.6 Å². The number of nitrogens with zero attached hydrogens (tertiary/aromatic N) is 1. The number of carbonyl (C=O) groups is 4. The summed E-state index contributed by atoms with van der Waals surface area (Å²) in [5.74, 6) is -1.00. The van der Waals surface area contributed by atoms with Gasteiger partial charge in [-0.05, 0) is 25.2 Å². The van der Waals surface area contributed by atoms with Crippen molar-refractivity contribution in [3.8, 4) is 0 Å². The number of rotatable bonds is 4. The Bertz CT molecular complexity index is 522. The minimum atomic E-state index is -0.889. The molecule has 1 saturated carbocycles. The third-order valence-corrected chi connectivity index (χ3v) is 4.59. The first-order chi connectivity index (χ1) is 10.9. The van der Waals surface area contributed by atoms with Crippen LogP contribution < -0.4 is 16.0 Å². The van der Waals surface area contributed by atoms with Gasteiger partial charge in [-0.3, -0.25) is 19.8 Å². The third-order valence-electron chi connectivity index (χ3n) is 4.59. The van der Waals surface area contributed by atoms with Gasteiger partial charge >= 0.3 is 12.1 Å². The molecule has 23 heavy (non-hydrogen) atoms. The Morgan fingerprint density at radius 3 is 2.74 bits per heavy atom. The summed E-state index contributed by atoms with van der Waals surface area (Å²) in [5, 5.41) is 7.39. The maximum atomic E-state index is 12.7. The molecule has 1 spiro atoms. The van der Waals surface area contributed by atoms with E-state index in [2.05, 4.69) is 16.0 Å². The van der Waals surface area contributed by atoms with Crippen LogP contribution in [0.1, 0.15) is 46.0 Å². The molecular weight excluding hydrogens is 300 g/mol. The molecule has 2 fully saturated rings. The largest absolute Gasteiger partial charge is 0.338 e. The predicted molar refractivity (Wildman–Crippen MR) is 82.4 cm³/mol. The summed E-state index contributed by atoms with van der Waals surface area (Å²) in [6.45, 7) is 3.83. The van der Waals surface area contributed by atoms with Crippen LogP contribution in [0.4, 0.5) is 9.59 Å². The van der Waals surface area contributed by atoms with Gasteiger partial charge in [0.25, 0.3) is 5.91 Å². The summed E-state index contributed by atoms with van der Waals surface area (Å²) in [6.07, 6.45) is 4.11. The third kappa shape index (κ3) is 3.46. The number of urea groups is 2. The topological polar surface area (TPSA) is 108 Å². The Balaban J connectivity index is 1.98. The standard InChI is InChI=1S/C15H24N4O4/c1-3-8-16-13(22)17-11(20)9-19-12(21)15(18-14(19)23)7-5-4-6-10(15)2/h10H,3-9H2,1-2H3,(H,18,23)(H2,16,17,20,22)/t10-,15-/m1/s1. The van der Waals surface area contributed by atoms with Gasteiger partial charge in [-0.2, -0.15) is 0 Å². The Hall–Kier alpha value is -2.12. The van der Waals surface area contributed by atoms with Crippen molar-refractivity contribution in [2.75, 3.05) is 13.1 Å². The summed E-state index contributed by atoms with van der Waals surface area (Å²) in [6, 6.07) is -1.18. The highest BCUT2D eigenvalue weighted by Gasteiger charge is 2.55. The van der Waals surface area contributed by atoms with E-state index in [-0.39, 0.29) is 11.8 Å². The molecule has 8 heteroatoms. The molecule has 128 valence electrons. The molecule has 0 aromatic rings. The van der Waals surface area contributed by atoms with Crippen molar-refractivity contribution in [2.45, 2.75) is 51.5 Å². The lowest BCUT2D eigenvalue weighted by molar-refractivity contribution is -0.137. The van der Waals surface area contributed by atoms with Crippen molar-refractivity contribution >= 4 is 23.9 Å². The predicted octanol–water partition coefficient (Wildman–Crippen LogP) is 0.723. The lowest BCUT2D eigenvalue weighted by Gasteiger charge is -2.36. The summed E-state index contributed by atoms with van der Waals surface area (Å²) in [4.78, 5) is 49.0. The molecule has 2 atom stereocenters. The minimum Gasteiger partial charge on any atom is -0.338 e. The summed E-state index contributed by atoms with van der Waals surface area (Å²) in [7, 11) is 0. The Kier molecular flexibility index (Phi) is 5.23. The molecule has 8 nitrogen and oxygen atoms in total. The zero-order chi connectivity index (χ0) is 17.0. The highest BCUT2D eigenvalue weighted by molar-refractivity contribution is 6.10. The van der Waals surface area contributed by atoms with Gasteiger partial charge < -0.3 is 10.6 Å². The van der Waals surface area contributed by atoms with Crippen molar-refractivity contribution < 1.29 is 19.2 Å². The second-order valence-corrected chi connectivity index (χ2v) is 6.24. The Morgan fingerprint density at radius 2 is 2.09 bits per heavy atom. The number of imide groups is 2. The van der Waals surface area contributed by atoms with Crippen LogP contribution in [0.25, 0.3) is 0 Å². The van der Waals surface area contributed by atoms with Gasteiger partial charge in [0.2, 0.25) is 5.91 Å². The van der Waals surface area contributed by atoms with E-state index in [9.17, 15) is 19.2 Å². The van der Waals surface area contributed by atoms with E-state index in [1.807, 2.05) is 13.8 Å². The molecule has 1 aliphatic carbocycles. The molecule has 6 amide bonds. The molecule has 0 aromatic carbocycles. The molecule has 2 aliphatic rings. The van der Waals surface area contributed by atoms with Crippen molar-refractivity contribution in [2.24, 2.45) is 5.92 Å². The van der Waals surface area contributed by atoms with Crippen LogP contribution >= 0.6 is 0 Å². The summed E-state index contributed by atoms with van der Waals surface area (Å²) < 4.78 is 0. The molecule has 0 bridgehead atoms. The number of hydrogen-bond donors (Lipinski definition) is 3. The molecule has 2 rings (SSSR count). The van der Waals surface area contributed by atoms with Crippen LogP contribution in [-0.4, -0.2) is 47.4 Å². The van der Waals surface area contributed by atoms with Crippen molar-refractivity contribution in [1.29, 1.82) is 0 Å². The van der Waals surface area contributed by atoms with Gasteiger partial charge in [0.1, 0.15) is 12.1 Å². The molecule has 1 saturated heterocycles. The first-order valence-electron chi connectivity index (χ1n) is 8.12. The zero-order valence-electron chi connectivity index (χ0n) is 13.6. The van der Waals surface area contributed by atoms with Gasteiger partial charge in [0.15, 0.2) is 0 Å². The SMILES string of the molecule is CCCNC(=O)NC(=O)CN1C(=O)N[C@@]2(CCCC[C@H]2C)C1=O. The molecule has 3 N–H and O–H groups in total. The smallest absolute Gasteiger partial charge is 0.325 e. The van der Waals surface area contributed by atoms with Crippen LogP contribution in [0.15, 0.2) is 0 Å². The van der Waals surface area contributed by atoms with Crippen molar-refractivity contribution in [1.82, 2.24) is 20.9 Å². The monoisotopic (exact) mass is 324 g/mol. The fraction of sp³-hybridized carbons (Fsp3) is 0.733. The van der Waals surface area contributed by atoms with Crippen molar-refractivity contribution in [3.05, 3.63) is 0 Å². The van der Waals surface area contributed by atoms with E-state index in [0.29, 0.717) is 13.0 Å². The van der Waals surface area contributed by atoms with E-state index < -0.39 is 30.1 Å². The normalized spacial score (nSPS) is 27.0. The maximum Gasteiger partial charge on any atom is 0.325 e. The summed E-state index contributed by atoms with van der Waals surface area (Å²) >= 11 is 0. The van der Waals surface area contributed by atoms with E-state index >= 15 is 0 Å². The highest BCUT2D eigenvalue weighted by atomic mass is 16.2. The van der Waals surface area contributed by atoms with E-state index in [4.69, 9.17) is 0 Å². The van der Waals surface area contributed by atoms with E-state index in [1.54, 1.807) is 0 Å². The zero-order valence-corrected chi connectivity index (χ0v) is 13.6. The summed E-state index contributed by atoms with van der Waals surface area (Å²) in [5.41, 5.74) is -0.889. The van der Waals surface area contributed by atoms with Crippen LogP contribution in [-0.2, 0) is 9.59 Å². The second-order valence-electron chi connectivity index (χ2n) is 6.24. The van der Waals surface area contributed by atoms with Gasteiger partial charge in [-0.1, -0.05) is 26.7 Å². The molecule has 1 aliphatic heterocycles. The Morgan fingerprint density at radius 1 is 1.35 bits per heavy atom. The van der Waals surface area contributed by atoms with Crippen LogP contribution in [0.3, 0.4) is 0 Å². The molecule has 0 aromatic heterocycles. The number of carbonyl (C=O) groups excluding carboxylic acids is 4. The lowest BCUT2D eigenvalue weighted by atomic mass is 9.73. The molecule has 0 radical (unpaired) electrons. The number of amides is 6. The van der Waals surface area contributed by atoms with Gasteiger partial charge in [0.05, 0.1) is 0 Å². The number of nitrogens with one attached hydrogen (secondary N) is 3. The fourth-order valence-electron chi connectivity index (χ4n) is 3.23. The van der Waals surface area contributed by atoms with Crippen LogP contribution in [0.2, 0.25) is 0 Å². The Labute approximate surface area is 135 Å². The first-order valence-corrected chi connectivity index (χ1v) is 8.12. The van der Waals surface area contributed by atoms with E-state index in [1.165, 1.54) is 0 Å². The van der Waals surface area contributed by atoms with Crippen molar-refractivity contribution in [3.63, 3.8) is 0 Å². The minimum absolute atomic E-state index is 0.0358. The maximum absolute atomic E-state index is 12.7. The van der Waals surface area contributed by atoms with Crippen LogP contribution in [0, 0.1) is 5.92 Å². The van der Waals surface area contributed by atoms with Gasteiger partial charge in [0, 0.05) is 6.54 Å². The van der Waals surface area contributed by atoms with Crippen LogP contribution in [0.5, 0.6) is 0 Å². The quantitative estimate of drug-likeness (QED) is 0.662. The first kappa shape index (κ1) is 17.2. The molecule has 1 heterocycles. The molecular formula is C15H24N4O4. The van der Waals surface area contributed by atoms with Gasteiger partial charge in [-0.15, -0.1) is 0 Å². The molecule has 0 unspecified atom stereocenters. The number of hydrogen-bond acceptors (Lipinski definition) is 4. The average molecular weight is 324 g/mol. The lowest BCUT2D eigenvalue weighted by Crippen LogP contribution is -2.54. The average Bonchev–Trinajstić information content (AvgIpc) is 2.73. The highest BCUT2D eigenvalue weighted by Crippen LogP contribution is 2.38. The second kappa shape index (κ2) is 6.97.